The van der Waals surface area contributed by atoms with Crippen molar-refractivity contribution in [2.75, 3.05) is 18.4 Å². The molecule has 4 heterocycles. The number of anilines is 1. The molecule has 200 valence electrons. The molecule has 1 aliphatic heterocycles. The molecule has 5 rings (SSSR count). The number of benzene rings is 1. The van der Waals surface area contributed by atoms with Crippen molar-refractivity contribution in [3.05, 3.63) is 87.9 Å². The highest BCUT2D eigenvalue weighted by Crippen LogP contribution is 2.34. The summed E-state index contributed by atoms with van der Waals surface area (Å²) in [5.41, 5.74) is 1.12. The van der Waals surface area contributed by atoms with E-state index in [4.69, 9.17) is 4.98 Å². The summed E-state index contributed by atoms with van der Waals surface area (Å²) in [5, 5.41) is 7.77. The number of nitrogens with zero attached hydrogens (tertiary/aromatic N) is 5. The molecule has 4 aromatic rings. The molecule has 3 aromatic heterocycles. The number of likely N-dealkylation sites (tertiary alicyclic amines) is 1. The zero-order valence-corrected chi connectivity index (χ0v) is 22.6. The monoisotopic (exact) mass is 588 g/mol. The second-order valence-electron chi connectivity index (χ2n) is 8.64. The molecule has 1 atom stereocenters. The molecule has 11 heteroatoms. The highest BCUT2D eigenvalue weighted by Gasteiger charge is 2.37. The van der Waals surface area contributed by atoms with Crippen LogP contribution in [0, 0.1) is 0 Å². The first kappa shape index (κ1) is 27.6. The summed E-state index contributed by atoms with van der Waals surface area (Å²) >= 11 is 3.49. The number of carbonyl (C=O) groups excluding carboxylic acids is 1. The third-order valence-electron chi connectivity index (χ3n) is 6.23. The van der Waals surface area contributed by atoms with Gasteiger partial charge in [-0.1, -0.05) is 32.0 Å². The van der Waals surface area contributed by atoms with Crippen LogP contribution in [0.1, 0.15) is 59.8 Å². The quantitative estimate of drug-likeness (QED) is 0.285. The van der Waals surface area contributed by atoms with Crippen molar-refractivity contribution in [2.45, 2.75) is 45.3 Å². The SMILES string of the molecule is CC.O=C(c1ccccc1C(F)(F)F)N1CCCC(c2cc(NCc3cccnc3)n3ncc(Br)c3n2)C1. The molecule has 0 bridgehead atoms. The lowest BCUT2D eigenvalue weighted by Crippen LogP contribution is -2.40. The smallest absolute Gasteiger partial charge is 0.366 e. The number of aromatic nitrogens is 4. The zero-order valence-electron chi connectivity index (χ0n) is 21.0. The van der Waals surface area contributed by atoms with Crippen molar-refractivity contribution in [3.63, 3.8) is 0 Å². The molecule has 0 radical (unpaired) electrons. The van der Waals surface area contributed by atoms with Gasteiger partial charge in [-0.2, -0.15) is 22.8 Å². The standard InChI is InChI=1S/C25H22BrF3N6O.C2H6/c26-20-14-32-35-22(31-13-16-5-3-9-30-12-16)11-21(33-23(20)35)17-6-4-10-34(15-17)24(36)18-7-1-2-8-19(18)25(27,28)29;1-2/h1-3,5,7-9,11-12,14,17,31H,4,6,10,13,15H2;1-2H3. The van der Waals surface area contributed by atoms with Crippen LogP contribution in [0.5, 0.6) is 0 Å². The van der Waals surface area contributed by atoms with Crippen molar-refractivity contribution in [3.8, 4) is 0 Å². The molecule has 0 aliphatic carbocycles. The summed E-state index contributed by atoms with van der Waals surface area (Å²) < 4.78 is 42.9. The molecule has 1 amide bonds. The molecular weight excluding hydrogens is 561 g/mol. The van der Waals surface area contributed by atoms with Crippen LogP contribution in [0.2, 0.25) is 0 Å². The molecular formula is C27H28BrF3N6O. The fraction of sp³-hybridized carbons (Fsp3) is 0.333. The lowest BCUT2D eigenvalue weighted by molar-refractivity contribution is -0.138. The first-order valence-electron chi connectivity index (χ1n) is 12.4. The van der Waals surface area contributed by atoms with E-state index >= 15 is 0 Å². The number of nitrogens with one attached hydrogen (secondary N) is 1. The number of carbonyl (C=O) groups is 1. The Bertz CT molecular complexity index is 1390. The predicted molar refractivity (Wildman–Crippen MR) is 143 cm³/mol. The van der Waals surface area contributed by atoms with Gasteiger partial charge in [0.05, 0.1) is 27.5 Å². The van der Waals surface area contributed by atoms with Gasteiger partial charge in [-0.25, -0.2) is 4.98 Å². The van der Waals surface area contributed by atoms with Crippen LogP contribution >= 0.6 is 15.9 Å². The summed E-state index contributed by atoms with van der Waals surface area (Å²) in [6.07, 6.45) is 1.97. The van der Waals surface area contributed by atoms with Crippen molar-refractivity contribution in [1.82, 2.24) is 24.5 Å². The number of piperidine rings is 1. The molecule has 1 unspecified atom stereocenters. The van der Waals surface area contributed by atoms with Crippen LogP contribution in [0.4, 0.5) is 19.0 Å². The number of halogens is 4. The Hall–Kier alpha value is -3.47. The minimum Gasteiger partial charge on any atom is -0.366 e. The van der Waals surface area contributed by atoms with Crippen molar-refractivity contribution in [2.24, 2.45) is 0 Å². The molecule has 1 aliphatic rings. The van der Waals surface area contributed by atoms with Gasteiger partial charge in [0.1, 0.15) is 5.82 Å². The van der Waals surface area contributed by atoms with Gasteiger partial charge in [0.2, 0.25) is 0 Å². The van der Waals surface area contributed by atoms with Gasteiger partial charge < -0.3 is 10.2 Å². The number of hydrogen-bond donors (Lipinski definition) is 1. The Balaban J connectivity index is 0.00000164. The average Bonchev–Trinajstić information content (AvgIpc) is 3.33. The van der Waals surface area contributed by atoms with Gasteiger partial charge in [-0.15, -0.1) is 0 Å². The van der Waals surface area contributed by atoms with E-state index in [1.165, 1.54) is 23.1 Å². The summed E-state index contributed by atoms with van der Waals surface area (Å²) in [6.45, 7) is 5.20. The lowest BCUT2D eigenvalue weighted by atomic mass is 9.93. The molecule has 7 nitrogen and oxygen atoms in total. The highest BCUT2D eigenvalue weighted by molar-refractivity contribution is 9.10. The van der Waals surface area contributed by atoms with Crippen LogP contribution < -0.4 is 5.32 Å². The van der Waals surface area contributed by atoms with E-state index in [-0.39, 0.29) is 18.0 Å². The van der Waals surface area contributed by atoms with E-state index < -0.39 is 17.6 Å². The Kier molecular flexibility index (Phi) is 8.65. The van der Waals surface area contributed by atoms with Gasteiger partial charge in [0.25, 0.3) is 5.91 Å². The number of amides is 1. The fourth-order valence-corrected chi connectivity index (χ4v) is 4.82. The predicted octanol–water partition coefficient (Wildman–Crippen LogP) is 6.56. The van der Waals surface area contributed by atoms with E-state index in [2.05, 4.69) is 31.3 Å². The number of alkyl halides is 3. The molecule has 1 saturated heterocycles. The van der Waals surface area contributed by atoms with Gasteiger partial charge in [0, 0.05) is 44.0 Å². The second-order valence-corrected chi connectivity index (χ2v) is 9.50. The average molecular weight is 589 g/mol. The summed E-state index contributed by atoms with van der Waals surface area (Å²) in [5.74, 6) is -0.0314. The lowest BCUT2D eigenvalue weighted by Gasteiger charge is -2.33. The van der Waals surface area contributed by atoms with Crippen molar-refractivity contribution in [1.29, 1.82) is 0 Å². The number of hydrogen-bond acceptors (Lipinski definition) is 5. The number of rotatable bonds is 5. The van der Waals surface area contributed by atoms with Crippen molar-refractivity contribution >= 4 is 33.3 Å². The van der Waals surface area contributed by atoms with Gasteiger partial charge >= 0.3 is 6.18 Å². The first-order valence-corrected chi connectivity index (χ1v) is 13.2. The van der Waals surface area contributed by atoms with Crippen LogP contribution in [-0.4, -0.2) is 43.5 Å². The van der Waals surface area contributed by atoms with Gasteiger partial charge in [-0.3, -0.25) is 9.78 Å². The minimum absolute atomic E-state index is 0.133. The summed E-state index contributed by atoms with van der Waals surface area (Å²) in [6, 6.07) is 10.6. The Morgan fingerprint density at radius 3 is 2.68 bits per heavy atom. The summed E-state index contributed by atoms with van der Waals surface area (Å²) in [7, 11) is 0. The zero-order chi connectivity index (χ0) is 27.3. The molecule has 38 heavy (non-hydrogen) atoms. The Morgan fingerprint density at radius 2 is 1.95 bits per heavy atom. The van der Waals surface area contributed by atoms with E-state index in [1.807, 2.05) is 32.0 Å². The minimum atomic E-state index is -4.60. The molecule has 0 saturated carbocycles. The molecule has 1 fully saturated rings. The number of fused-ring (bicyclic) bond motifs is 1. The normalized spacial score (nSPS) is 15.6. The largest absolute Gasteiger partial charge is 0.417 e. The van der Waals surface area contributed by atoms with Crippen LogP contribution in [0.25, 0.3) is 5.65 Å². The van der Waals surface area contributed by atoms with Gasteiger partial charge in [0.15, 0.2) is 5.65 Å². The first-order chi connectivity index (χ1) is 18.3. The van der Waals surface area contributed by atoms with Crippen LogP contribution in [0.15, 0.2) is 65.5 Å². The summed E-state index contributed by atoms with van der Waals surface area (Å²) in [4.78, 5) is 23.6. The molecule has 1 N–H and O–H groups in total. The Labute approximate surface area is 227 Å². The third-order valence-corrected chi connectivity index (χ3v) is 6.79. The van der Waals surface area contributed by atoms with Crippen LogP contribution in [0.3, 0.4) is 0 Å². The van der Waals surface area contributed by atoms with E-state index in [0.717, 1.165) is 34.0 Å². The Morgan fingerprint density at radius 1 is 1.16 bits per heavy atom. The number of pyridine rings is 1. The topological polar surface area (TPSA) is 75.4 Å². The fourth-order valence-electron chi connectivity index (χ4n) is 4.48. The molecule has 0 spiro atoms. The highest BCUT2D eigenvalue weighted by atomic mass is 79.9. The van der Waals surface area contributed by atoms with E-state index in [1.54, 1.807) is 23.1 Å². The van der Waals surface area contributed by atoms with Crippen LogP contribution in [-0.2, 0) is 12.7 Å². The maximum Gasteiger partial charge on any atom is 0.417 e. The van der Waals surface area contributed by atoms with Gasteiger partial charge in [-0.05, 0) is 52.5 Å². The maximum atomic E-state index is 13.5. The van der Waals surface area contributed by atoms with Crippen molar-refractivity contribution < 1.29 is 18.0 Å². The van der Waals surface area contributed by atoms with E-state index in [9.17, 15) is 18.0 Å². The van der Waals surface area contributed by atoms with E-state index in [0.29, 0.717) is 25.2 Å². The third kappa shape index (κ3) is 5.98. The maximum absolute atomic E-state index is 13.5. The second kappa shape index (κ2) is 11.9. The molecule has 1 aromatic carbocycles.